The van der Waals surface area contributed by atoms with Gasteiger partial charge < -0.3 is 0 Å². The molecule has 23 heavy (non-hydrogen) atoms. The molecule has 0 radical (unpaired) electrons. The molecule has 2 aromatic rings. The van der Waals surface area contributed by atoms with Crippen LogP contribution in [0.2, 0.25) is 5.02 Å². The number of amides is 1. The lowest BCUT2D eigenvalue weighted by molar-refractivity contribution is -0.119. The Bertz CT molecular complexity index is 807. The van der Waals surface area contributed by atoms with E-state index >= 15 is 0 Å². The number of nitrogens with two attached hydrogens (primary N) is 1. The predicted molar refractivity (Wildman–Crippen MR) is 89.5 cm³/mol. The van der Waals surface area contributed by atoms with Crippen LogP contribution in [0.1, 0.15) is 5.56 Å². The number of carbonyl (C=O) groups is 1. The Morgan fingerprint density at radius 1 is 1.22 bits per heavy atom. The van der Waals surface area contributed by atoms with E-state index in [9.17, 15) is 13.2 Å². The molecule has 2 aromatic carbocycles. The van der Waals surface area contributed by atoms with Gasteiger partial charge in [-0.2, -0.15) is 0 Å². The van der Waals surface area contributed by atoms with Crippen LogP contribution in [-0.2, 0) is 14.8 Å². The number of halogens is 1. The number of anilines is 1. The normalized spacial score (nSPS) is 11.1. The van der Waals surface area contributed by atoms with Gasteiger partial charge >= 0.3 is 0 Å². The Labute approximate surface area is 139 Å². The summed E-state index contributed by atoms with van der Waals surface area (Å²) in [7, 11) is -3.93. The molecule has 0 atom stereocenters. The number of carbonyl (C=O) groups excluding carboxylic acids is 1. The molecule has 0 heterocycles. The summed E-state index contributed by atoms with van der Waals surface area (Å²) in [4.78, 5) is 11.7. The van der Waals surface area contributed by atoms with Crippen molar-refractivity contribution in [3.63, 3.8) is 0 Å². The number of nitrogens with one attached hydrogen (secondary N) is 1. The standard InChI is InChI=1S/C15H16ClN3O3S/c1-11-5-7-14(8-6-11)23(21,22)19(10-15(20)18-17)13-4-2-3-12(16)9-13/h2-9H,10,17H2,1H3,(H,18,20). The van der Waals surface area contributed by atoms with Crippen molar-refractivity contribution in [3.8, 4) is 0 Å². The summed E-state index contributed by atoms with van der Waals surface area (Å²) >= 11 is 5.93. The van der Waals surface area contributed by atoms with E-state index in [0.29, 0.717) is 5.02 Å². The molecule has 0 bridgehead atoms. The highest BCUT2D eigenvalue weighted by Gasteiger charge is 2.27. The smallest absolute Gasteiger partial charge is 0.264 e. The van der Waals surface area contributed by atoms with Crippen LogP contribution in [0.15, 0.2) is 53.4 Å². The summed E-state index contributed by atoms with van der Waals surface area (Å²) < 4.78 is 26.7. The topological polar surface area (TPSA) is 92.5 Å². The summed E-state index contributed by atoms with van der Waals surface area (Å²) in [5.41, 5.74) is 3.14. The number of rotatable bonds is 5. The molecule has 0 saturated carbocycles. The second-order valence-electron chi connectivity index (χ2n) is 4.87. The van der Waals surface area contributed by atoms with Gasteiger partial charge in [0, 0.05) is 5.02 Å². The third-order valence-corrected chi connectivity index (χ3v) is 5.18. The molecule has 8 heteroatoms. The van der Waals surface area contributed by atoms with E-state index in [-0.39, 0.29) is 10.6 Å². The van der Waals surface area contributed by atoms with Crippen LogP contribution in [-0.4, -0.2) is 20.9 Å². The number of sulfonamides is 1. The zero-order valence-electron chi connectivity index (χ0n) is 12.4. The van der Waals surface area contributed by atoms with Crippen molar-refractivity contribution in [2.24, 2.45) is 5.84 Å². The Hall–Kier alpha value is -2.09. The highest BCUT2D eigenvalue weighted by molar-refractivity contribution is 7.92. The Kier molecular flexibility index (Phi) is 5.25. The lowest BCUT2D eigenvalue weighted by atomic mass is 10.2. The van der Waals surface area contributed by atoms with E-state index in [0.717, 1.165) is 9.87 Å². The minimum absolute atomic E-state index is 0.0768. The summed E-state index contributed by atoms with van der Waals surface area (Å²) in [5.74, 6) is 4.44. The van der Waals surface area contributed by atoms with Crippen molar-refractivity contribution in [1.29, 1.82) is 0 Å². The van der Waals surface area contributed by atoms with E-state index in [1.165, 1.54) is 18.2 Å². The van der Waals surface area contributed by atoms with Gasteiger partial charge in [-0.05, 0) is 37.3 Å². The number of aryl methyl sites for hydroxylation is 1. The molecule has 0 spiro atoms. The van der Waals surface area contributed by atoms with Crippen LogP contribution in [0.3, 0.4) is 0 Å². The molecule has 0 unspecified atom stereocenters. The molecule has 0 fully saturated rings. The summed E-state index contributed by atoms with van der Waals surface area (Å²) in [5, 5.41) is 0.361. The average molecular weight is 354 g/mol. The monoisotopic (exact) mass is 353 g/mol. The van der Waals surface area contributed by atoms with E-state index in [2.05, 4.69) is 0 Å². The molecule has 3 N–H and O–H groups in total. The van der Waals surface area contributed by atoms with Crippen molar-refractivity contribution in [1.82, 2.24) is 5.43 Å². The number of nitrogens with zero attached hydrogens (tertiary/aromatic N) is 1. The van der Waals surface area contributed by atoms with E-state index < -0.39 is 22.5 Å². The molecule has 6 nitrogen and oxygen atoms in total. The third kappa shape index (κ3) is 4.01. The fourth-order valence-corrected chi connectivity index (χ4v) is 3.56. The molecular formula is C15H16ClN3O3S. The van der Waals surface area contributed by atoms with Crippen LogP contribution in [0.5, 0.6) is 0 Å². The van der Waals surface area contributed by atoms with Crippen molar-refractivity contribution in [2.45, 2.75) is 11.8 Å². The maximum absolute atomic E-state index is 12.9. The first-order chi connectivity index (χ1) is 10.8. The first-order valence-electron chi connectivity index (χ1n) is 6.69. The predicted octanol–water partition coefficient (Wildman–Crippen LogP) is 1.83. The molecule has 0 aliphatic rings. The second kappa shape index (κ2) is 6.99. The zero-order chi connectivity index (χ0) is 17.0. The second-order valence-corrected chi connectivity index (χ2v) is 7.17. The quantitative estimate of drug-likeness (QED) is 0.487. The summed E-state index contributed by atoms with van der Waals surface area (Å²) in [6.07, 6.45) is 0. The number of hydrogen-bond acceptors (Lipinski definition) is 4. The molecule has 0 aromatic heterocycles. The van der Waals surface area contributed by atoms with Crippen molar-refractivity contribution >= 4 is 33.2 Å². The minimum atomic E-state index is -3.93. The SMILES string of the molecule is Cc1ccc(S(=O)(=O)N(CC(=O)NN)c2cccc(Cl)c2)cc1. The molecule has 0 saturated heterocycles. The van der Waals surface area contributed by atoms with Crippen LogP contribution >= 0.6 is 11.6 Å². The maximum Gasteiger partial charge on any atom is 0.264 e. The van der Waals surface area contributed by atoms with Crippen molar-refractivity contribution in [2.75, 3.05) is 10.8 Å². The van der Waals surface area contributed by atoms with Crippen LogP contribution < -0.4 is 15.6 Å². The maximum atomic E-state index is 12.9. The molecule has 1 amide bonds. The molecule has 122 valence electrons. The summed E-state index contributed by atoms with van der Waals surface area (Å²) in [6, 6.07) is 12.6. The Balaban J connectivity index is 2.51. The molecule has 2 rings (SSSR count). The van der Waals surface area contributed by atoms with E-state index in [1.54, 1.807) is 30.3 Å². The first kappa shape index (κ1) is 17.3. The Morgan fingerprint density at radius 2 is 1.87 bits per heavy atom. The van der Waals surface area contributed by atoms with Gasteiger partial charge in [-0.25, -0.2) is 14.3 Å². The van der Waals surface area contributed by atoms with Crippen LogP contribution in [0, 0.1) is 6.92 Å². The minimum Gasteiger partial charge on any atom is -0.293 e. The molecule has 0 aliphatic carbocycles. The van der Waals surface area contributed by atoms with Gasteiger partial charge in [-0.3, -0.25) is 14.5 Å². The zero-order valence-corrected chi connectivity index (χ0v) is 13.9. The van der Waals surface area contributed by atoms with Crippen molar-refractivity contribution in [3.05, 3.63) is 59.1 Å². The van der Waals surface area contributed by atoms with E-state index in [4.69, 9.17) is 17.4 Å². The Morgan fingerprint density at radius 3 is 2.43 bits per heavy atom. The lowest BCUT2D eigenvalue weighted by Crippen LogP contribution is -2.43. The average Bonchev–Trinajstić information content (AvgIpc) is 2.52. The largest absolute Gasteiger partial charge is 0.293 e. The van der Waals surface area contributed by atoms with Crippen LogP contribution in [0.4, 0.5) is 5.69 Å². The van der Waals surface area contributed by atoms with Gasteiger partial charge in [0.1, 0.15) is 6.54 Å². The van der Waals surface area contributed by atoms with Gasteiger partial charge in [0.2, 0.25) is 0 Å². The first-order valence-corrected chi connectivity index (χ1v) is 8.51. The van der Waals surface area contributed by atoms with Gasteiger partial charge in [-0.15, -0.1) is 0 Å². The highest BCUT2D eigenvalue weighted by atomic mass is 35.5. The fraction of sp³-hybridized carbons (Fsp3) is 0.133. The third-order valence-electron chi connectivity index (χ3n) is 3.15. The van der Waals surface area contributed by atoms with Gasteiger partial charge in [0.25, 0.3) is 15.9 Å². The lowest BCUT2D eigenvalue weighted by Gasteiger charge is -2.24. The number of hydrazine groups is 1. The molecular weight excluding hydrogens is 338 g/mol. The van der Waals surface area contributed by atoms with Crippen LogP contribution in [0.25, 0.3) is 0 Å². The van der Waals surface area contributed by atoms with E-state index in [1.807, 2.05) is 12.3 Å². The number of hydrogen-bond donors (Lipinski definition) is 2. The van der Waals surface area contributed by atoms with Crippen molar-refractivity contribution < 1.29 is 13.2 Å². The number of benzene rings is 2. The summed E-state index contributed by atoms with van der Waals surface area (Å²) in [6.45, 7) is 1.40. The molecule has 0 aliphatic heterocycles. The fourth-order valence-electron chi connectivity index (χ4n) is 1.96. The van der Waals surface area contributed by atoms with Gasteiger partial charge in [0.15, 0.2) is 0 Å². The highest BCUT2D eigenvalue weighted by Crippen LogP contribution is 2.26. The van der Waals surface area contributed by atoms with Gasteiger partial charge in [0.05, 0.1) is 10.6 Å². The van der Waals surface area contributed by atoms with Gasteiger partial charge in [-0.1, -0.05) is 35.4 Å².